The van der Waals surface area contributed by atoms with E-state index in [0.29, 0.717) is 42.0 Å². The van der Waals surface area contributed by atoms with Crippen molar-refractivity contribution in [2.45, 2.75) is 33.6 Å². The molecule has 0 saturated carbocycles. The van der Waals surface area contributed by atoms with Crippen molar-refractivity contribution in [3.63, 3.8) is 0 Å². The van der Waals surface area contributed by atoms with Crippen molar-refractivity contribution in [2.75, 3.05) is 13.1 Å². The molecular weight excluding hydrogens is 380 g/mol. The highest BCUT2D eigenvalue weighted by atomic mass is 16.8. The van der Waals surface area contributed by atoms with Gasteiger partial charge in [-0.25, -0.2) is 5.43 Å². The van der Waals surface area contributed by atoms with Crippen LogP contribution < -0.4 is 10.7 Å². The molecule has 3 atom stereocenters. The zero-order valence-corrected chi connectivity index (χ0v) is 17.7. The molecule has 1 aliphatic heterocycles. The second-order valence-corrected chi connectivity index (χ2v) is 8.31. The van der Waals surface area contributed by atoms with Crippen LogP contribution in [0.5, 0.6) is 0 Å². The summed E-state index contributed by atoms with van der Waals surface area (Å²) in [6.07, 6.45) is 15.8. The molecule has 0 aromatic heterocycles. The summed E-state index contributed by atoms with van der Waals surface area (Å²) in [5, 5.41) is 29.3. The largest absolute Gasteiger partial charge is 0.612 e. The number of rotatable bonds is 6. The first kappa shape index (κ1) is 21.7. The van der Waals surface area contributed by atoms with Crippen LogP contribution in [-0.4, -0.2) is 29.6 Å². The Bertz CT molecular complexity index is 865. The van der Waals surface area contributed by atoms with Gasteiger partial charge in [-0.1, -0.05) is 31.4 Å². The van der Waals surface area contributed by atoms with Gasteiger partial charge in [0, 0.05) is 30.7 Å². The number of ether oxygens (including phenoxy) is 1. The van der Waals surface area contributed by atoms with E-state index in [4.69, 9.17) is 11.2 Å². The van der Waals surface area contributed by atoms with Gasteiger partial charge in [0.1, 0.15) is 0 Å². The van der Waals surface area contributed by atoms with Gasteiger partial charge in [0.2, 0.25) is 17.5 Å². The van der Waals surface area contributed by atoms with Crippen LogP contribution in [0.2, 0.25) is 0 Å². The maximum atomic E-state index is 10.8. The van der Waals surface area contributed by atoms with Crippen molar-refractivity contribution in [2.24, 2.45) is 28.8 Å². The minimum absolute atomic E-state index is 0.0486. The predicted octanol–water partition coefficient (Wildman–Crippen LogP) is 3.17. The van der Waals surface area contributed by atoms with E-state index in [1.54, 1.807) is 12.2 Å². The molecule has 30 heavy (non-hydrogen) atoms. The highest BCUT2D eigenvalue weighted by Gasteiger charge is 2.33. The van der Waals surface area contributed by atoms with E-state index in [2.05, 4.69) is 48.6 Å². The number of nitrogens with one attached hydrogen (secondary N) is 2. The summed E-state index contributed by atoms with van der Waals surface area (Å²) < 4.78 is 5.92. The van der Waals surface area contributed by atoms with Crippen LogP contribution in [0.15, 0.2) is 52.5 Å². The number of terminal acetylenes is 1. The van der Waals surface area contributed by atoms with Crippen LogP contribution in [0.4, 0.5) is 0 Å². The molecule has 1 heterocycles. The van der Waals surface area contributed by atoms with Crippen LogP contribution in [0.3, 0.4) is 0 Å². The lowest BCUT2D eigenvalue weighted by atomic mass is 9.70. The zero-order valence-electron chi connectivity index (χ0n) is 17.7. The number of hydrazone groups is 1. The third-order valence-corrected chi connectivity index (χ3v) is 5.95. The Labute approximate surface area is 178 Å². The SMILES string of the molecule is C#CCNC[C@@H]1C=C(C)[C@H](CC2=NNC(=C3C=CC(=[N+]([O-])[O-])C=C3)O2)C[C@H]1C(C)C. The van der Waals surface area contributed by atoms with Crippen LogP contribution in [0.25, 0.3) is 0 Å². The van der Waals surface area contributed by atoms with E-state index >= 15 is 0 Å². The lowest BCUT2D eigenvalue weighted by molar-refractivity contribution is -0.377. The molecule has 0 radical (unpaired) electrons. The minimum Gasteiger partial charge on any atom is -0.612 e. The predicted molar refractivity (Wildman–Crippen MR) is 119 cm³/mol. The quantitative estimate of drug-likeness (QED) is 0.231. The molecule has 0 spiro atoms. The Morgan fingerprint density at radius 3 is 2.70 bits per heavy atom. The van der Waals surface area contributed by atoms with Gasteiger partial charge < -0.3 is 20.5 Å². The fraction of sp³-hybridized carbons (Fsp3) is 0.478. The summed E-state index contributed by atoms with van der Waals surface area (Å²) in [4.78, 5) is -0.419. The Balaban J connectivity index is 1.64. The van der Waals surface area contributed by atoms with Crippen LogP contribution >= 0.6 is 0 Å². The summed E-state index contributed by atoms with van der Waals surface area (Å²) in [5.74, 6) is 5.78. The molecule has 0 saturated heterocycles. The third-order valence-electron chi connectivity index (χ3n) is 5.95. The van der Waals surface area contributed by atoms with E-state index in [9.17, 15) is 10.4 Å². The van der Waals surface area contributed by atoms with Crippen molar-refractivity contribution >= 4 is 11.6 Å². The zero-order chi connectivity index (χ0) is 21.7. The van der Waals surface area contributed by atoms with E-state index in [1.807, 2.05) is 0 Å². The highest BCUT2D eigenvalue weighted by molar-refractivity contribution is 6.02. The maximum absolute atomic E-state index is 10.8. The van der Waals surface area contributed by atoms with Gasteiger partial charge in [-0.05, 0) is 49.2 Å². The molecule has 0 aromatic rings. The molecule has 2 aliphatic carbocycles. The van der Waals surface area contributed by atoms with Crippen molar-refractivity contribution < 1.29 is 9.64 Å². The smallest absolute Gasteiger partial charge is 0.222 e. The van der Waals surface area contributed by atoms with Crippen LogP contribution in [-0.2, 0) is 4.74 Å². The van der Waals surface area contributed by atoms with Gasteiger partial charge in [-0.3, -0.25) is 0 Å². The summed E-state index contributed by atoms with van der Waals surface area (Å²) in [6.45, 7) is 8.22. The van der Waals surface area contributed by atoms with E-state index < -0.39 is 4.90 Å². The number of hydrogen-bond acceptors (Lipinski definition) is 6. The molecule has 3 rings (SSSR count). The molecule has 3 aliphatic rings. The molecule has 160 valence electrons. The van der Waals surface area contributed by atoms with Gasteiger partial charge >= 0.3 is 0 Å². The standard InChI is InChI=1S/C23H29N4O3/c1-5-10-24-14-19-11-16(4)18(12-21(19)15(2)3)13-22-25-26-23(30-22)17-6-8-20(9-7-17)27(28)29/h1,6-9,11,15,18-19,21,24,26H,10,12-14H2,2-4H3/q-1/t18-,19-,21-/m0/s1. The molecule has 0 fully saturated rings. The molecule has 2 N–H and O–H groups in total. The van der Waals surface area contributed by atoms with Gasteiger partial charge in [-0.2, -0.15) is 4.90 Å². The summed E-state index contributed by atoms with van der Waals surface area (Å²) in [5.41, 5.74) is 5.05. The minimum atomic E-state index is -0.419. The second-order valence-electron chi connectivity index (χ2n) is 8.31. The number of hydrogen-bond donors (Lipinski definition) is 2. The lowest BCUT2D eigenvalue weighted by Gasteiger charge is -2.37. The second kappa shape index (κ2) is 9.68. The molecule has 7 nitrogen and oxygen atoms in total. The van der Waals surface area contributed by atoms with Crippen LogP contribution in [0.1, 0.15) is 33.6 Å². The molecule has 7 heteroatoms. The van der Waals surface area contributed by atoms with Crippen molar-refractivity contribution in [1.82, 2.24) is 10.7 Å². The first-order chi connectivity index (χ1) is 14.4. The summed E-state index contributed by atoms with van der Waals surface area (Å²) >= 11 is 0. The van der Waals surface area contributed by atoms with E-state index in [-0.39, 0.29) is 5.71 Å². The average molecular weight is 410 g/mol. The van der Waals surface area contributed by atoms with Gasteiger partial charge in [0.05, 0.1) is 6.54 Å². The number of allylic oxidation sites excluding steroid dienone is 6. The highest BCUT2D eigenvalue weighted by Crippen LogP contribution is 2.39. The molecule has 0 bridgehead atoms. The van der Waals surface area contributed by atoms with Crippen molar-refractivity contribution in [1.29, 1.82) is 0 Å². The fourth-order valence-corrected chi connectivity index (χ4v) is 4.25. The van der Waals surface area contributed by atoms with Gasteiger partial charge in [0.25, 0.3) is 0 Å². The van der Waals surface area contributed by atoms with Gasteiger partial charge in [0.15, 0.2) is 0 Å². The fourth-order valence-electron chi connectivity index (χ4n) is 4.25. The third kappa shape index (κ3) is 5.14. The first-order valence-corrected chi connectivity index (χ1v) is 10.3. The maximum Gasteiger partial charge on any atom is 0.222 e. The van der Waals surface area contributed by atoms with Gasteiger partial charge in [-0.15, -0.1) is 11.5 Å². The monoisotopic (exact) mass is 409 g/mol. The summed E-state index contributed by atoms with van der Waals surface area (Å²) in [7, 11) is 0. The molecular formula is C23H29N4O3-. The normalized spacial score (nSPS) is 25.6. The topological polar surface area (TPSA) is 94.8 Å². The average Bonchev–Trinajstić information content (AvgIpc) is 3.18. The van der Waals surface area contributed by atoms with E-state index in [1.165, 1.54) is 17.7 Å². The molecule has 0 amide bonds. The summed E-state index contributed by atoms with van der Waals surface area (Å²) in [6, 6.07) is 0. The van der Waals surface area contributed by atoms with Crippen LogP contribution in [0, 0.1) is 46.4 Å². The molecule has 0 unspecified atom stereocenters. The van der Waals surface area contributed by atoms with Crippen molar-refractivity contribution in [3.8, 4) is 12.3 Å². The number of nitrogens with zero attached hydrogens (tertiary/aromatic N) is 2. The Hall–Kier alpha value is -2.98. The Kier molecular flexibility index (Phi) is 7.01. The molecule has 0 aromatic carbocycles. The lowest BCUT2D eigenvalue weighted by Crippen LogP contribution is -2.35. The van der Waals surface area contributed by atoms with E-state index in [0.717, 1.165) is 25.0 Å². The first-order valence-electron chi connectivity index (χ1n) is 10.3. The Morgan fingerprint density at radius 1 is 1.33 bits per heavy atom. The Morgan fingerprint density at radius 2 is 2.07 bits per heavy atom. The van der Waals surface area contributed by atoms with Crippen molar-refractivity contribution in [3.05, 3.63) is 57.8 Å².